The fourth-order valence-electron chi connectivity index (χ4n) is 1.26. The molecule has 7 heteroatoms. The van der Waals surface area contributed by atoms with Gasteiger partial charge in [-0.15, -0.1) is 0 Å². The predicted molar refractivity (Wildman–Crippen MR) is 54.8 cm³/mol. The van der Waals surface area contributed by atoms with Gasteiger partial charge in [0, 0.05) is 17.5 Å². The second-order valence-electron chi connectivity index (χ2n) is 3.20. The lowest BCUT2D eigenvalue weighted by molar-refractivity contribution is 0.414. The van der Waals surface area contributed by atoms with Crippen LogP contribution in [0.1, 0.15) is 17.4 Å². The van der Waals surface area contributed by atoms with Crippen LogP contribution in [0.15, 0.2) is 11.3 Å². The van der Waals surface area contributed by atoms with E-state index in [9.17, 15) is 0 Å². The molecule has 0 aliphatic carbocycles. The Bertz CT molecular complexity index is 389. The molecule has 80 valence electrons. The summed E-state index contributed by atoms with van der Waals surface area (Å²) in [4.78, 5) is 8.30. The average Bonchev–Trinajstić information content (AvgIpc) is 3.01. The normalized spacial score (nSPS) is 19.5. The molecule has 0 bridgehead atoms. The van der Waals surface area contributed by atoms with E-state index in [1.54, 1.807) is 6.20 Å². The van der Waals surface area contributed by atoms with E-state index < -0.39 is 0 Å². The van der Waals surface area contributed by atoms with Crippen LogP contribution in [0, 0.1) is 6.92 Å². The molecule has 2 rings (SSSR count). The number of nitrogens with two attached hydrogens (primary N) is 2. The highest BCUT2D eigenvalue weighted by Gasteiger charge is 2.27. The molecule has 0 radical (unpaired) electrons. The number of anilines is 1. The molecule has 4 N–H and O–H groups in total. The zero-order chi connectivity index (χ0) is 10.8. The number of aromatic nitrogens is 2. The van der Waals surface area contributed by atoms with Crippen molar-refractivity contribution < 1.29 is 4.74 Å². The summed E-state index contributed by atoms with van der Waals surface area (Å²) in [6, 6.07) is 0. The first kappa shape index (κ1) is 9.81. The first-order chi connectivity index (χ1) is 7.22. The molecule has 0 spiro atoms. The maximum Gasteiger partial charge on any atom is 0.245 e. The zero-order valence-corrected chi connectivity index (χ0v) is 8.29. The quantitative estimate of drug-likeness (QED) is 0.227. The first-order valence-electron chi connectivity index (χ1n) is 4.45. The van der Waals surface area contributed by atoms with E-state index in [1.165, 1.54) is 6.34 Å². The number of epoxide rings is 1. The number of hydrazine groups is 1. The predicted octanol–water partition coefficient (Wildman–Crippen LogP) is -0.562. The largest absolute Gasteiger partial charge is 0.368 e. The molecule has 0 aromatic carbocycles. The lowest BCUT2D eigenvalue weighted by Crippen LogP contribution is -2.31. The van der Waals surface area contributed by atoms with Crippen LogP contribution < -0.4 is 16.7 Å². The van der Waals surface area contributed by atoms with Gasteiger partial charge in [-0.3, -0.25) is 0 Å². The molecule has 1 aromatic rings. The molecule has 1 aromatic heterocycles. The van der Waals surface area contributed by atoms with Crippen molar-refractivity contribution in [3.63, 3.8) is 0 Å². The Morgan fingerprint density at radius 2 is 2.47 bits per heavy atom. The van der Waals surface area contributed by atoms with Gasteiger partial charge < -0.3 is 10.6 Å². The van der Waals surface area contributed by atoms with E-state index in [0.717, 1.165) is 22.9 Å². The van der Waals surface area contributed by atoms with E-state index in [0.29, 0.717) is 5.95 Å². The summed E-state index contributed by atoms with van der Waals surface area (Å²) in [7, 11) is 0. The van der Waals surface area contributed by atoms with Crippen LogP contribution >= 0.6 is 0 Å². The molecule has 0 unspecified atom stereocenters. The Kier molecular flexibility index (Phi) is 2.48. The van der Waals surface area contributed by atoms with Crippen LogP contribution in [0.2, 0.25) is 0 Å². The van der Waals surface area contributed by atoms with Gasteiger partial charge in [0.15, 0.2) is 0 Å². The summed E-state index contributed by atoms with van der Waals surface area (Å²) in [6.45, 7) is 2.62. The molecular weight excluding hydrogens is 196 g/mol. The topological polar surface area (TPSA) is 106 Å². The molecule has 1 aliphatic rings. The lowest BCUT2D eigenvalue weighted by atomic mass is 10.2. The van der Waals surface area contributed by atoms with Gasteiger partial charge in [-0.25, -0.2) is 20.8 Å². The van der Waals surface area contributed by atoms with Gasteiger partial charge in [-0.1, -0.05) is 0 Å². The minimum atomic E-state index is 0.147. The molecule has 0 saturated carbocycles. The number of hydrogen-bond acceptors (Lipinski definition) is 6. The van der Waals surface area contributed by atoms with Crippen molar-refractivity contribution in [3.8, 4) is 0 Å². The number of hydrazone groups is 1. The second kappa shape index (κ2) is 3.79. The van der Waals surface area contributed by atoms with E-state index in [4.69, 9.17) is 16.4 Å². The van der Waals surface area contributed by atoms with Crippen molar-refractivity contribution in [1.82, 2.24) is 9.97 Å². The lowest BCUT2D eigenvalue weighted by Gasteiger charge is -2.11. The standard InChI is InChI=1S/C8H12N6O/c1-5-6(7-3-15-7)2-11-8(13-5)14(10)4-12-9/h2,4,7H,3,9-10H2,1H3/b12-4-/t7-/m1/s1. The van der Waals surface area contributed by atoms with Crippen LogP contribution in [-0.4, -0.2) is 22.9 Å². The third-order valence-corrected chi connectivity index (χ3v) is 2.11. The van der Waals surface area contributed by atoms with Gasteiger partial charge in [0.1, 0.15) is 12.4 Å². The third kappa shape index (κ3) is 2.03. The Labute approximate surface area is 86.7 Å². The van der Waals surface area contributed by atoms with E-state index in [1.807, 2.05) is 6.92 Å². The Balaban J connectivity index is 2.24. The first-order valence-corrected chi connectivity index (χ1v) is 4.45. The van der Waals surface area contributed by atoms with Crippen molar-refractivity contribution in [2.75, 3.05) is 11.6 Å². The molecule has 7 nitrogen and oxygen atoms in total. The summed E-state index contributed by atoms with van der Waals surface area (Å²) in [5.74, 6) is 10.9. The molecule has 15 heavy (non-hydrogen) atoms. The highest BCUT2D eigenvalue weighted by atomic mass is 16.6. The van der Waals surface area contributed by atoms with Crippen LogP contribution in [0.25, 0.3) is 0 Å². The summed E-state index contributed by atoms with van der Waals surface area (Å²) in [5.41, 5.74) is 1.85. The zero-order valence-electron chi connectivity index (χ0n) is 8.29. The number of aryl methyl sites for hydroxylation is 1. The molecule has 0 amide bonds. The minimum absolute atomic E-state index is 0.147. The second-order valence-corrected chi connectivity index (χ2v) is 3.20. The Morgan fingerprint density at radius 3 is 3.00 bits per heavy atom. The maximum atomic E-state index is 5.56. The maximum absolute atomic E-state index is 5.56. The Hall–Kier alpha value is -1.73. The summed E-state index contributed by atoms with van der Waals surface area (Å²) in [5, 5.41) is 4.44. The summed E-state index contributed by atoms with van der Waals surface area (Å²) >= 11 is 0. The molecule has 2 heterocycles. The van der Waals surface area contributed by atoms with Crippen molar-refractivity contribution in [2.24, 2.45) is 16.8 Å². The smallest absolute Gasteiger partial charge is 0.245 e. The summed E-state index contributed by atoms with van der Waals surface area (Å²) < 4.78 is 5.15. The SMILES string of the molecule is Cc1nc(N(N)/C=N\N)ncc1[C@H]1CO1. The fraction of sp³-hybridized carbons (Fsp3) is 0.375. The van der Waals surface area contributed by atoms with Gasteiger partial charge in [0.2, 0.25) is 5.95 Å². The third-order valence-electron chi connectivity index (χ3n) is 2.11. The van der Waals surface area contributed by atoms with E-state index >= 15 is 0 Å². The molecule has 1 aliphatic heterocycles. The van der Waals surface area contributed by atoms with Crippen molar-refractivity contribution in [2.45, 2.75) is 13.0 Å². The van der Waals surface area contributed by atoms with Gasteiger partial charge in [0.05, 0.1) is 6.61 Å². The number of ether oxygens (including phenoxy) is 1. The monoisotopic (exact) mass is 208 g/mol. The van der Waals surface area contributed by atoms with Gasteiger partial charge >= 0.3 is 0 Å². The molecular formula is C8H12N6O. The van der Waals surface area contributed by atoms with Crippen LogP contribution in [0.5, 0.6) is 0 Å². The number of rotatable bonds is 3. The van der Waals surface area contributed by atoms with Gasteiger partial charge in [-0.05, 0) is 6.92 Å². The van der Waals surface area contributed by atoms with Gasteiger partial charge in [0.25, 0.3) is 0 Å². The highest BCUT2D eigenvalue weighted by Crippen LogP contribution is 2.31. The van der Waals surface area contributed by atoms with E-state index in [-0.39, 0.29) is 6.10 Å². The van der Waals surface area contributed by atoms with Crippen molar-refractivity contribution in [1.29, 1.82) is 0 Å². The summed E-state index contributed by atoms with van der Waals surface area (Å²) in [6.07, 6.45) is 3.09. The molecule has 1 fully saturated rings. The van der Waals surface area contributed by atoms with E-state index in [2.05, 4.69) is 15.1 Å². The van der Waals surface area contributed by atoms with Crippen LogP contribution in [0.4, 0.5) is 5.95 Å². The number of hydrogen-bond donors (Lipinski definition) is 2. The fourth-order valence-corrected chi connectivity index (χ4v) is 1.26. The van der Waals surface area contributed by atoms with Gasteiger partial charge in [-0.2, -0.15) is 5.10 Å². The minimum Gasteiger partial charge on any atom is -0.368 e. The molecule has 1 atom stereocenters. The number of nitrogens with zero attached hydrogens (tertiary/aromatic N) is 4. The van der Waals surface area contributed by atoms with Crippen molar-refractivity contribution in [3.05, 3.63) is 17.5 Å². The Morgan fingerprint density at radius 1 is 1.73 bits per heavy atom. The van der Waals surface area contributed by atoms with Crippen LogP contribution in [0.3, 0.4) is 0 Å². The van der Waals surface area contributed by atoms with Crippen molar-refractivity contribution >= 4 is 12.3 Å². The average molecular weight is 208 g/mol. The highest BCUT2D eigenvalue weighted by molar-refractivity contribution is 5.73. The molecule has 1 saturated heterocycles. The van der Waals surface area contributed by atoms with Crippen LogP contribution in [-0.2, 0) is 4.74 Å².